The fraction of sp³-hybridized carbons (Fsp3) is 0.630. The van der Waals surface area contributed by atoms with Gasteiger partial charge in [0.05, 0.1) is 35.2 Å². The third kappa shape index (κ3) is 7.06. The quantitative estimate of drug-likeness (QED) is 0.130. The van der Waals surface area contributed by atoms with E-state index < -0.39 is 40.8 Å². The summed E-state index contributed by atoms with van der Waals surface area (Å²) in [5.41, 5.74) is -0.576. The minimum atomic E-state index is -1.24. The van der Waals surface area contributed by atoms with Gasteiger partial charge in [-0.25, -0.2) is 4.79 Å². The van der Waals surface area contributed by atoms with Crippen LogP contribution in [0.2, 0.25) is 0 Å². The minimum absolute atomic E-state index is 0.0956. The summed E-state index contributed by atoms with van der Waals surface area (Å²) in [6.45, 7) is 5.13. The van der Waals surface area contributed by atoms with E-state index in [0.717, 1.165) is 19.3 Å². The summed E-state index contributed by atoms with van der Waals surface area (Å²) >= 11 is 0. The van der Waals surface area contributed by atoms with Crippen LogP contribution in [0.1, 0.15) is 90.0 Å². The first-order valence-corrected chi connectivity index (χ1v) is 13.0. The second kappa shape index (κ2) is 14.0. The maximum atomic E-state index is 13.0. The van der Waals surface area contributed by atoms with Crippen molar-refractivity contribution in [2.45, 2.75) is 90.0 Å². The summed E-state index contributed by atoms with van der Waals surface area (Å²) in [7, 11) is 0. The highest BCUT2D eigenvalue weighted by Crippen LogP contribution is 2.46. The lowest BCUT2D eigenvalue weighted by molar-refractivity contribution is -0.384. The number of hydrogen-bond acceptors (Lipinski definition) is 7. The maximum absolute atomic E-state index is 13.0. The molecule has 1 aromatic rings. The highest BCUT2D eigenvalue weighted by molar-refractivity contribution is 5.93. The summed E-state index contributed by atoms with van der Waals surface area (Å²) in [5.74, 6) is -4.13. The molecule has 1 aliphatic rings. The third-order valence-electron chi connectivity index (χ3n) is 7.04. The molecule has 3 unspecified atom stereocenters. The van der Waals surface area contributed by atoms with Crippen LogP contribution in [0.3, 0.4) is 0 Å². The van der Waals surface area contributed by atoms with E-state index in [4.69, 9.17) is 4.74 Å². The van der Waals surface area contributed by atoms with Crippen molar-refractivity contribution in [2.24, 2.45) is 5.92 Å². The molecule has 0 saturated carbocycles. The van der Waals surface area contributed by atoms with E-state index >= 15 is 0 Å². The summed E-state index contributed by atoms with van der Waals surface area (Å²) in [4.78, 5) is 36.6. The highest BCUT2D eigenvalue weighted by atomic mass is 16.6. The van der Waals surface area contributed by atoms with Gasteiger partial charge in [-0.1, -0.05) is 70.4 Å². The molecule has 0 radical (unpaired) electrons. The molecule has 0 fully saturated rings. The number of aliphatic hydroxyl groups is 1. The monoisotopic (exact) mass is 504 g/mol. The maximum Gasteiger partial charge on any atom is 0.336 e. The molecule has 36 heavy (non-hydrogen) atoms. The van der Waals surface area contributed by atoms with Crippen LogP contribution in [0.15, 0.2) is 35.5 Å². The number of hydrogen-bond donors (Lipinski definition) is 3. The number of nitro benzene ring substituents is 1. The van der Waals surface area contributed by atoms with Crippen LogP contribution in [0.5, 0.6) is 0 Å². The number of rotatable bonds is 15. The Kier molecular flexibility index (Phi) is 11.4. The van der Waals surface area contributed by atoms with E-state index in [2.05, 4.69) is 12.2 Å². The molecule has 200 valence electrons. The lowest BCUT2D eigenvalue weighted by Crippen LogP contribution is -2.61. The molecule has 1 heterocycles. The normalized spacial score (nSPS) is 21.7. The van der Waals surface area contributed by atoms with Crippen LogP contribution < -0.4 is 5.32 Å². The Balaban J connectivity index is 2.43. The first-order valence-electron chi connectivity index (χ1n) is 13.0. The summed E-state index contributed by atoms with van der Waals surface area (Å²) in [6.07, 6.45) is 8.93. The molecule has 3 atom stereocenters. The van der Waals surface area contributed by atoms with Crippen LogP contribution in [0.25, 0.3) is 0 Å². The zero-order valence-electron chi connectivity index (χ0n) is 21.6. The molecular formula is C27H40N2O7. The lowest BCUT2D eigenvalue weighted by Gasteiger charge is -2.47. The molecule has 3 N–H and O–H groups in total. The van der Waals surface area contributed by atoms with Gasteiger partial charge in [-0.3, -0.25) is 14.9 Å². The summed E-state index contributed by atoms with van der Waals surface area (Å²) < 4.78 is 5.24. The van der Waals surface area contributed by atoms with Gasteiger partial charge in [-0.05, 0) is 25.8 Å². The number of aliphatic carboxylic acids is 1. The van der Waals surface area contributed by atoms with Gasteiger partial charge >= 0.3 is 11.9 Å². The SMILES string of the molecule is CCCCCCCCCCC1(CO)NC(C)=C(C(=O)OCC)C(c2cccc([N+](=O)[O-])c2)C1C(=O)O. The summed E-state index contributed by atoms with van der Waals surface area (Å²) in [6, 6.07) is 5.69. The topological polar surface area (TPSA) is 139 Å². The van der Waals surface area contributed by atoms with Gasteiger partial charge in [0.25, 0.3) is 5.69 Å². The molecule has 9 heteroatoms. The number of non-ortho nitro benzene ring substituents is 1. The number of benzene rings is 1. The standard InChI is InChI=1S/C27H40N2O7/c1-4-6-7-8-9-10-11-12-16-27(18-30)24(25(31)32)23(20-14-13-15-21(17-20)29(34)35)22(19(3)28-27)26(33)36-5-2/h13-15,17,23-24,28,30H,4-12,16,18H2,1-3H3,(H,31,32). The first-order chi connectivity index (χ1) is 17.2. The number of carboxylic acids is 1. The van der Waals surface area contributed by atoms with Crippen LogP contribution in [-0.4, -0.2) is 45.8 Å². The van der Waals surface area contributed by atoms with Gasteiger partial charge in [0.1, 0.15) is 0 Å². The Morgan fingerprint density at radius 1 is 1.11 bits per heavy atom. The van der Waals surface area contributed by atoms with Gasteiger partial charge in [0.15, 0.2) is 0 Å². The highest BCUT2D eigenvalue weighted by Gasteiger charge is 2.53. The lowest BCUT2D eigenvalue weighted by atomic mass is 9.65. The van der Waals surface area contributed by atoms with E-state index in [1.54, 1.807) is 19.9 Å². The predicted molar refractivity (Wildman–Crippen MR) is 136 cm³/mol. The number of allylic oxidation sites excluding steroid dienone is 1. The van der Waals surface area contributed by atoms with E-state index in [-0.39, 0.29) is 17.9 Å². The molecule has 0 spiro atoms. The molecule has 0 saturated heterocycles. The predicted octanol–water partition coefficient (Wildman–Crippen LogP) is 5.08. The molecule has 1 aliphatic heterocycles. The Morgan fingerprint density at radius 3 is 2.31 bits per heavy atom. The first kappa shape index (κ1) is 29.3. The Hall–Kier alpha value is -2.94. The molecular weight excluding hydrogens is 464 g/mol. The second-order valence-corrected chi connectivity index (χ2v) is 9.57. The zero-order valence-corrected chi connectivity index (χ0v) is 21.6. The Morgan fingerprint density at radius 2 is 1.75 bits per heavy atom. The molecule has 0 aliphatic carbocycles. The fourth-order valence-corrected chi connectivity index (χ4v) is 5.31. The molecule has 0 aromatic heterocycles. The van der Waals surface area contributed by atoms with Gasteiger partial charge < -0.3 is 20.3 Å². The Bertz CT molecular complexity index is 946. The van der Waals surface area contributed by atoms with Gasteiger partial charge in [0, 0.05) is 23.7 Å². The molecule has 9 nitrogen and oxygen atoms in total. The van der Waals surface area contributed by atoms with Gasteiger partial charge in [-0.2, -0.15) is 0 Å². The van der Waals surface area contributed by atoms with E-state index in [0.29, 0.717) is 24.1 Å². The van der Waals surface area contributed by atoms with Gasteiger partial charge in [-0.15, -0.1) is 0 Å². The van der Waals surface area contributed by atoms with E-state index in [1.165, 1.54) is 43.9 Å². The number of carboxylic acid groups (broad SMARTS) is 1. The molecule has 0 amide bonds. The van der Waals surface area contributed by atoms with Crippen molar-refractivity contribution in [3.8, 4) is 0 Å². The smallest absolute Gasteiger partial charge is 0.336 e. The third-order valence-corrected chi connectivity index (χ3v) is 7.04. The average molecular weight is 505 g/mol. The van der Waals surface area contributed by atoms with E-state index in [1.807, 2.05) is 0 Å². The van der Waals surface area contributed by atoms with Crippen molar-refractivity contribution in [3.05, 3.63) is 51.2 Å². The number of esters is 1. The number of aliphatic hydroxyl groups excluding tert-OH is 1. The Labute approximate surface area is 213 Å². The average Bonchev–Trinajstić information content (AvgIpc) is 2.85. The van der Waals surface area contributed by atoms with Crippen LogP contribution in [0.4, 0.5) is 5.69 Å². The van der Waals surface area contributed by atoms with E-state index in [9.17, 15) is 29.9 Å². The van der Waals surface area contributed by atoms with Crippen molar-refractivity contribution >= 4 is 17.6 Å². The van der Waals surface area contributed by atoms with Crippen molar-refractivity contribution in [1.82, 2.24) is 5.32 Å². The molecule has 1 aromatic carbocycles. The molecule has 0 bridgehead atoms. The number of carbonyl (C=O) groups excluding carboxylic acids is 1. The van der Waals surface area contributed by atoms with Crippen molar-refractivity contribution in [2.75, 3.05) is 13.2 Å². The fourth-order valence-electron chi connectivity index (χ4n) is 5.31. The van der Waals surface area contributed by atoms with Crippen molar-refractivity contribution in [3.63, 3.8) is 0 Å². The number of nitrogens with zero attached hydrogens (tertiary/aromatic N) is 1. The minimum Gasteiger partial charge on any atom is -0.481 e. The number of nitro groups is 1. The second-order valence-electron chi connectivity index (χ2n) is 9.57. The van der Waals surface area contributed by atoms with Crippen molar-refractivity contribution in [1.29, 1.82) is 0 Å². The largest absolute Gasteiger partial charge is 0.481 e. The number of ether oxygens (including phenoxy) is 1. The zero-order chi connectivity index (χ0) is 26.7. The summed E-state index contributed by atoms with van der Waals surface area (Å²) in [5, 5.41) is 35.5. The van der Waals surface area contributed by atoms with Gasteiger partial charge in [0.2, 0.25) is 0 Å². The van der Waals surface area contributed by atoms with Crippen LogP contribution in [-0.2, 0) is 14.3 Å². The molecule has 2 rings (SSSR count). The number of carbonyl (C=O) groups is 2. The van der Waals surface area contributed by atoms with Crippen molar-refractivity contribution < 1.29 is 29.5 Å². The number of nitrogens with one attached hydrogen (secondary N) is 1. The number of unbranched alkanes of at least 4 members (excludes halogenated alkanes) is 7. The van der Waals surface area contributed by atoms with Crippen LogP contribution in [0, 0.1) is 16.0 Å². The van der Waals surface area contributed by atoms with Crippen LogP contribution >= 0.6 is 0 Å².